The van der Waals surface area contributed by atoms with E-state index in [1.807, 2.05) is 31.2 Å². The van der Waals surface area contributed by atoms with Crippen LogP contribution in [0.3, 0.4) is 0 Å². The van der Waals surface area contributed by atoms with Gasteiger partial charge in [0.05, 0.1) is 19.3 Å². The molecule has 2 aromatic carbocycles. The lowest BCUT2D eigenvalue weighted by Crippen LogP contribution is -2.46. The van der Waals surface area contributed by atoms with Gasteiger partial charge in [-0.05, 0) is 30.6 Å². The fourth-order valence-electron chi connectivity index (χ4n) is 3.67. The van der Waals surface area contributed by atoms with Gasteiger partial charge >= 0.3 is 6.09 Å². The SMILES string of the molecule is CCNC(=O)O[C@@H]1CO[C@H]2[C@@H]1OC[C@@H]2NC(=S)Nc1cccc2ccccc12. The number of fused-ring (bicyclic) bond motifs is 2. The number of nitrogens with one attached hydrogen (secondary N) is 3. The van der Waals surface area contributed by atoms with Crippen molar-refractivity contribution in [3.8, 4) is 0 Å². The molecule has 8 heteroatoms. The van der Waals surface area contributed by atoms with E-state index >= 15 is 0 Å². The maximum Gasteiger partial charge on any atom is 0.407 e. The fourth-order valence-corrected chi connectivity index (χ4v) is 3.93. The highest BCUT2D eigenvalue weighted by Crippen LogP contribution is 2.29. The molecule has 2 aromatic rings. The molecule has 148 valence electrons. The Kier molecular flexibility index (Phi) is 5.61. The number of alkyl carbamates (subject to hydrolysis) is 1. The van der Waals surface area contributed by atoms with Crippen molar-refractivity contribution in [2.75, 3.05) is 25.1 Å². The lowest BCUT2D eigenvalue weighted by atomic mass is 10.1. The van der Waals surface area contributed by atoms with E-state index in [0.29, 0.717) is 24.9 Å². The second-order valence-electron chi connectivity index (χ2n) is 6.80. The largest absolute Gasteiger partial charge is 0.441 e. The molecule has 2 aliphatic heterocycles. The maximum absolute atomic E-state index is 11.7. The number of benzene rings is 2. The summed E-state index contributed by atoms with van der Waals surface area (Å²) in [4.78, 5) is 11.7. The van der Waals surface area contributed by atoms with Gasteiger partial charge in [-0.2, -0.15) is 0 Å². The van der Waals surface area contributed by atoms with Crippen LogP contribution in [0.25, 0.3) is 10.8 Å². The normalized spacial score (nSPS) is 25.9. The van der Waals surface area contributed by atoms with E-state index in [2.05, 4.69) is 34.1 Å². The van der Waals surface area contributed by atoms with Crippen LogP contribution in [0.15, 0.2) is 42.5 Å². The molecule has 1 amide bonds. The van der Waals surface area contributed by atoms with E-state index in [4.69, 9.17) is 26.4 Å². The van der Waals surface area contributed by atoms with Crippen LogP contribution in [0, 0.1) is 0 Å². The first-order valence-corrected chi connectivity index (χ1v) is 9.79. The smallest absolute Gasteiger partial charge is 0.407 e. The average Bonchev–Trinajstić information content (AvgIpc) is 3.26. The summed E-state index contributed by atoms with van der Waals surface area (Å²) in [6.07, 6.45) is -1.37. The number of anilines is 1. The van der Waals surface area contributed by atoms with Crippen LogP contribution < -0.4 is 16.0 Å². The first-order chi connectivity index (χ1) is 13.7. The van der Waals surface area contributed by atoms with Crippen molar-refractivity contribution < 1.29 is 19.0 Å². The minimum atomic E-state index is -0.454. The van der Waals surface area contributed by atoms with E-state index in [0.717, 1.165) is 16.5 Å². The van der Waals surface area contributed by atoms with Crippen molar-refractivity contribution in [3.63, 3.8) is 0 Å². The highest BCUT2D eigenvalue weighted by atomic mass is 32.1. The maximum atomic E-state index is 11.7. The van der Waals surface area contributed by atoms with Crippen molar-refractivity contribution in [1.82, 2.24) is 10.6 Å². The Bertz CT molecular complexity index is 872. The summed E-state index contributed by atoms with van der Waals surface area (Å²) < 4.78 is 17.0. The summed E-state index contributed by atoms with van der Waals surface area (Å²) in [6, 6.07) is 14.1. The molecular weight excluding hydrogens is 378 g/mol. The first kappa shape index (κ1) is 18.9. The Morgan fingerprint density at radius 2 is 1.93 bits per heavy atom. The zero-order valence-corrected chi connectivity index (χ0v) is 16.3. The van der Waals surface area contributed by atoms with Gasteiger partial charge < -0.3 is 30.2 Å². The monoisotopic (exact) mass is 401 g/mol. The Morgan fingerprint density at radius 1 is 1.14 bits per heavy atom. The summed E-state index contributed by atoms with van der Waals surface area (Å²) in [6.45, 7) is 3.10. The Labute approximate surface area is 168 Å². The van der Waals surface area contributed by atoms with Gasteiger partial charge in [0.2, 0.25) is 0 Å². The van der Waals surface area contributed by atoms with Crippen molar-refractivity contribution in [1.29, 1.82) is 0 Å². The molecule has 3 N–H and O–H groups in total. The van der Waals surface area contributed by atoms with E-state index < -0.39 is 12.2 Å². The van der Waals surface area contributed by atoms with Crippen molar-refractivity contribution >= 4 is 39.9 Å². The quantitative estimate of drug-likeness (QED) is 0.679. The molecule has 0 spiro atoms. The van der Waals surface area contributed by atoms with E-state index in [1.54, 1.807) is 0 Å². The molecule has 4 rings (SSSR count). The summed E-state index contributed by atoms with van der Waals surface area (Å²) in [5.74, 6) is 0. The summed E-state index contributed by atoms with van der Waals surface area (Å²) in [5.41, 5.74) is 0.941. The number of carbonyl (C=O) groups excluding carboxylic acids is 1. The number of amides is 1. The molecule has 4 atom stereocenters. The van der Waals surface area contributed by atoms with Crippen LogP contribution in [0.5, 0.6) is 0 Å². The van der Waals surface area contributed by atoms with Gasteiger partial charge in [0.1, 0.15) is 12.2 Å². The van der Waals surface area contributed by atoms with Gasteiger partial charge in [-0.1, -0.05) is 36.4 Å². The number of thiocarbonyl (C=S) groups is 1. The first-order valence-electron chi connectivity index (χ1n) is 9.38. The lowest BCUT2D eigenvalue weighted by Gasteiger charge is -2.20. The van der Waals surface area contributed by atoms with Crippen LogP contribution in [0.4, 0.5) is 10.5 Å². The Balaban J connectivity index is 1.36. The molecule has 2 aliphatic rings. The van der Waals surface area contributed by atoms with E-state index in [1.165, 1.54) is 0 Å². The molecule has 7 nitrogen and oxygen atoms in total. The summed E-state index contributed by atoms with van der Waals surface area (Å²) in [5, 5.41) is 11.9. The topological polar surface area (TPSA) is 80.9 Å². The van der Waals surface area contributed by atoms with Gasteiger partial charge in [-0.3, -0.25) is 0 Å². The fraction of sp³-hybridized carbons (Fsp3) is 0.400. The van der Waals surface area contributed by atoms with Gasteiger partial charge in [0, 0.05) is 17.6 Å². The minimum Gasteiger partial charge on any atom is -0.441 e. The standard InChI is InChI=1S/C20H23N3O4S/c1-2-21-20(24)27-16-11-26-17-15(10-25-18(16)17)23-19(28)22-14-9-5-7-12-6-3-4-8-13(12)14/h3-9,15-18H,2,10-11H2,1H3,(H,21,24)(H2,22,23,28)/t15-,16+,17+,18+/m0/s1. The highest BCUT2D eigenvalue weighted by molar-refractivity contribution is 7.80. The molecule has 2 saturated heterocycles. The molecule has 2 fully saturated rings. The third-order valence-corrected chi connectivity index (χ3v) is 5.16. The molecule has 2 heterocycles. The van der Waals surface area contributed by atoms with Gasteiger partial charge in [0.25, 0.3) is 0 Å². The van der Waals surface area contributed by atoms with Crippen LogP contribution in [-0.4, -0.2) is 55.3 Å². The third-order valence-electron chi connectivity index (χ3n) is 4.94. The van der Waals surface area contributed by atoms with Crippen LogP contribution in [0.2, 0.25) is 0 Å². The number of ether oxygens (including phenoxy) is 3. The van der Waals surface area contributed by atoms with Gasteiger partial charge in [-0.15, -0.1) is 0 Å². The van der Waals surface area contributed by atoms with Gasteiger partial charge in [0.15, 0.2) is 11.2 Å². The number of carbonyl (C=O) groups is 1. The van der Waals surface area contributed by atoms with Crippen LogP contribution in [0.1, 0.15) is 6.92 Å². The molecule has 0 saturated carbocycles. The molecule has 0 unspecified atom stereocenters. The highest BCUT2D eigenvalue weighted by Gasteiger charge is 2.49. The lowest BCUT2D eigenvalue weighted by molar-refractivity contribution is 0.00425. The molecule has 0 aliphatic carbocycles. The number of hydrogen-bond donors (Lipinski definition) is 3. The molecule has 0 aromatic heterocycles. The number of rotatable bonds is 4. The number of hydrogen-bond acceptors (Lipinski definition) is 5. The second kappa shape index (κ2) is 8.30. The van der Waals surface area contributed by atoms with Crippen LogP contribution >= 0.6 is 12.2 Å². The predicted molar refractivity (Wildman–Crippen MR) is 111 cm³/mol. The minimum absolute atomic E-state index is 0.109. The van der Waals surface area contributed by atoms with Crippen molar-refractivity contribution in [3.05, 3.63) is 42.5 Å². The molecule has 0 radical (unpaired) electrons. The average molecular weight is 401 g/mol. The molecular formula is C20H23N3O4S. The summed E-state index contributed by atoms with van der Waals surface area (Å²) in [7, 11) is 0. The Morgan fingerprint density at radius 3 is 2.79 bits per heavy atom. The second-order valence-corrected chi connectivity index (χ2v) is 7.21. The molecule has 28 heavy (non-hydrogen) atoms. The predicted octanol–water partition coefficient (Wildman–Crippen LogP) is 2.41. The third kappa shape index (κ3) is 3.89. The van der Waals surface area contributed by atoms with Crippen LogP contribution in [-0.2, 0) is 14.2 Å². The van der Waals surface area contributed by atoms with Crippen molar-refractivity contribution in [2.45, 2.75) is 31.3 Å². The van der Waals surface area contributed by atoms with E-state index in [9.17, 15) is 4.79 Å². The zero-order valence-electron chi connectivity index (χ0n) is 15.5. The van der Waals surface area contributed by atoms with Gasteiger partial charge in [-0.25, -0.2) is 4.79 Å². The molecule has 0 bridgehead atoms. The summed E-state index contributed by atoms with van der Waals surface area (Å²) >= 11 is 5.50. The van der Waals surface area contributed by atoms with E-state index in [-0.39, 0.29) is 18.2 Å². The van der Waals surface area contributed by atoms with Crippen molar-refractivity contribution in [2.24, 2.45) is 0 Å². The zero-order chi connectivity index (χ0) is 19.5. The Hall–Kier alpha value is -2.42.